The van der Waals surface area contributed by atoms with E-state index < -0.39 is 0 Å². The molecular weight excluding hydrogens is 230 g/mol. The number of nitrogens with one attached hydrogen (secondary N) is 1. The Balaban J connectivity index is 1.81. The Bertz CT molecular complexity index is 255. The summed E-state index contributed by atoms with van der Waals surface area (Å²) in [4.78, 5) is 0. The lowest BCUT2D eigenvalue weighted by atomic mass is 9.63. The number of hydrogen-bond acceptors (Lipinski definition) is 1. The molecule has 0 amide bonds. The lowest BCUT2D eigenvalue weighted by Crippen LogP contribution is -2.45. The SMILES string of the molecule is CC1(C)CC(NCC2CCCCCC2)CC(C)(C)C1. The van der Waals surface area contributed by atoms with E-state index in [9.17, 15) is 0 Å². The van der Waals surface area contributed by atoms with Gasteiger partial charge in [0.1, 0.15) is 0 Å². The predicted molar refractivity (Wildman–Crippen MR) is 84.4 cm³/mol. The minimum absolute atomic E-state index is 0.517. The Hall–Kier alpha value is -0.0400. The van der Waals surface area contributed by atoms with Crippen molar-refractivity contribution in [3.63, 3.8) is 0 Å². The van der Waals surface area contributed by atoms with Crippen LogP contribution in [0.25, 0.3) is 0 Å². The van der Waals surface area contributed by atoms with Crippen LogP contribution in [-0.2, 0) is 0 Å². The van der Waals surface area contributed by atoms with Crippen molar-refractivity contribution in [1.29, 1.82) is 0 Å². The van der Waals surface area contributed by atoms with Gasteiger partial charge in [0.2, 0.25) is 0 Å². The molecule has 0 aromatic carbocycles. The predicted octanol–water partition coefficient (Wildman–Crippen LogP) is 5.15. The first kappa shape index (κ1) is 15.4. The van der Waals surface area contributed by atoms with Gasteiger partial charge in [0.15, 0.2) is 0 Å². The van der Waals surface area contributed by atoms with Crippen LogP contribution in [0.15, 0.2) is 0 Å². The number of rotatable bonds is 3. The van der Waals surface area contributed by atoms with Gasteiger partial charge in [-0.05, 0) is 55.4 Å². The second kappa shape index (κ2) is 6.16. The standard InChI is InChI=1S/C18H35N/c1-17(2)11-16(12-18(3,4)14-17)19-13-15-9-7-5-6-8-10-15/h15-16,19H,5-14H2,1-4H3. The summed E-state index contributed by atoms with van der Waals surface area (Å²) in [6.07, 6.45) is 12.9. The van der Waals surface area contributed by atoms with Gasteiger partial charge in [-0.3, -0.25) is 0 Å². The van der Waals surface area contributed by atoms with E-state index in [1.807, 2.05) is 0 Å². The molecule has 2 rings (SSSR count). The first-order valence-electron chi connectivity index (χ1n) is 8.60. The molecule has 0 spiro atoms. The maximum atomic E-state index is 3.93. The van der Waals surface area contributed by atoms with Crippen LogP contribution in [0, 0.1) is 16.7 Å². The van der Waals surface area contributed by atoms with Crippen molar-refractivity contribution in [2.75, 3.05) is 6.54 Å². The molecule has 0 unspecified atom stereocenters. The molecule has 1 N–H and O–H groups in total. The molecule has 2 fully saturated rings. The average molecular weight is 265 g/mol. The first-order chi connectivity index (χ1) is 8.86. The molecule has 0 atom stereocenters. The molecule has 0 aromatic rings. The van der Waals surface area contributed by atoms with Gasteiger partial charge in [0.05, 0.1) is 0 Å². The highest BCUT2D eigenvalue weighted by Crippen LogP contribution is 2.45. The minimum atomic E-state index is 0.517. The molecule has 2 aliphatic rings. The van der Waals surface area contributed by atoms with Crippen molar-refractivity contribution in [3.05, 3.63) is 0 Å². The van der Waals surface area contributed by atoms with Crippen LogP contribution >= 0.6 is 0 Å². The van der Waals surface area contributed by atoms with Gasteiger partial charge in [-0.15, -0.1) is 0 Å². The molecule has 1 nitrogen and oxygen atoms in total. The molecule has 0 saturated heterocycles. The van der Waals surface area contributed by atoms with Crippen molar-refractivity contribution >= 4 is 0 Å². The second-order valence-corrected chi connectivity index (χ2v) is 8.88. The van der Waals surface area contributed by atoms with Crippen molar-refractivity contribution in [2.45, 2.75) is 91.5 Å². The molecule has 2 aliphatic carbocycles. The first-order valence-corrected chi connectivity index (χ1v) is 8.60. The molecule has 0 aromatic heterocycles. The zero-order valence-corrected chi connectivity index (χ0v) is 13.7. The lowest BCUT2D eigenvalue weighted by molar-refractivity contribution is 0.0830. The fraction of sp³-hybridized carbons (Fsp3) is 1.00. The minimum Gasteiger partial charge on any atom is -0.314 e. The van der Waals surface area contributed by atoms with E-state index in [2.05, 4.69) is 33.0 Å². The summed E-state index contributed by atoms with van der Waals surface area (Å²) in [7, 11) is 0. The highest BCUT2D eigenvalue weighted by atomic mass is 14.9. The summed E-state index contributed by atoms with van der Waals surface area (Å²) in [5.41, 5.74) is 1.03. The molecule has 0 radical (unpaired) electrons. The van der Waals surface area contributed by atoms with Gasteiger partial charge >= 0.3 is 0 Å². The van der Waals surface area contributed by atoms with Gasteiger partial charge in [-0.2, -0.15) is 0 Å². The average Bonchev–Trinajstić information content (AvgIpc) is 2.50. The van der Waals surface area contributed by atoms with Gasteiger partial charge < -0.3 is 5.32 Å². The summed E-state index contributed by atoms with van der Waals surface area (Å²) in [5, 5.41) is 3.93. The third kappa shape index (κ3) is 5.10. The Kier molecular flexibility index (Phi) is 4.98. The van der Waals surface area contributed by atoms with Crippen LogP contribution in [0.2, 0.25) is 0 Å². The Morgan fingerprint density at radius 2 is 1.37 bits per heavy atom. The van der Waals surface area contributed by atoms with Crippen molar-refractivity contribution < 1.29 is 0 Å². The van der Waals surface area contributed by atoms with Crippen molar-refractivity contribution in [3.8, 4) is 0 Å². The largest absolute Gasteiger partial charge is 0.314 e. The molecule has 2 saturated carbocycles. The highest BCUT2D eigenvalue weighted by molar-refractivity contribution is 4.92. The third-order valence-electron chi connectivity index (χ3n) is 5.23. The fourth-order valence-electron chi connectivity index (χ4n) is 4.89. The molecule has 0 heterocycles. The van der Waals surface area contributed by atoms with Crippen LogP contribution in [-0.4, -0.2) is 12.6 Å². The van der Waals surface area contributed by atoms with Crippen LogP contribution in [0.3, 0.4) is 0 Å². The van der Waals surface area contributed by atoms with Gasteiger partial charge in [0, 0.05) is 6.04 Å². The van der Waals surface area contributed by atoms with Crippen LogP contribution in [0.4, 0.5) is 0 Å². The summed E-state index contributed by atoms with van der Waals surface area (Å²) >= 11 is 0. The number of hydrogen-bond donors (Lipinski definition) is 1. The van der Waals surface area contributed by atoms with Crippen molar-refractivity contribution in [1.82, 2.24) is 5.32 Å². The quantitative estimate of drug-likeness (QED) is 0.696. The monoisotopic (exact) mass is 265 g/mol. The topological polar surface area (TPSA) is 12.0 Å². The van der Waals surface area contributed by atoms with Crippen LogP contribution in [0.1, 0.15) is 85.5 Å². The molecule has 0 bridgehead atoms. The third-order valence-corrected chi connectivity index (χ3v) is 5.23. The Morgan fingerprint density at radius 1 is 0.842 bits per heavy atom. The van der Waals surface area contributed by atoms with E-state index >= 15 is 0 Å². The van der Waals surface area contributed by atoms with E-state index in [0.717, 1.165) is 12.0 Å². The van der Waals surface area contributed by atoms with E-state index in [0.29, 0.717) is 10.8 Å². The van der Waals surface area contributed by atoms with Gasteiger partial charge in [0.25, 0.3) is 0 Å². The summed E-state index contributed by atoms with van der Waals surface area (Å²) < 4.78 is 0. The highest BCUT2D eigenvalue weighted by Gasteiger charge is 2.38. The summed E-state index contributed by atoms with van der Waals surface area (Å²) in [6.45, 7) is 11.1. The van der Waals surface area contributed by atoms with Gasteiger partial charge in [-0.1, -0.05) is 53.4 Å². The molecule has 0 aliphatic heterocycles. The Morgan fingerprint density at radius 3 is 1.89 bits per heavy atom. The summed E-state index contributed by atoms with van der Waals surface area (Å²) in [5.74, 6) is 0.954. The maximum Gasteiger partial charge on any atom is 0.00773 e. The van der Waals surface area contributed by atoms with Gasteiger partial charge in [-0.25, -0.2) is 0 Å². The normalized spacial score (nSPS) is 29.1. The molecule has 112 valence electrons. The zero-order chi connectivity index (χ0) is 13.9. The van der Waals surface area contributed by atoms with E-state index in [1.165, 1.54) is 64.3 Å². The second-order valence-electron chi connectivity index (χ2n) is 8.88. The van der Waals surface area contributed by atoms with E-state index in [-0.39, 0.29) is 0 Å². The van der Waals surface area contributed by atoms with Crippen LogP contribution < -0.4 is 5.32 Å². The van der Waals surface area contributed by atoms with Crippen molar-refractivity contribution in [2.24, 2.45) is 16.7 Å². The molecule has 1 heteroatoms. The van der Waals surface area contributed by atoms with E-state index in [4.69, 9.17) is 0 Å². The zero-order valence-electron chi connectivity index (χ0n) is 13.7. The fourth-order valence-corrected chi connectivity index (χ4v) is 4.89. The Labute approximate surface area is 120 Å². The lowest BCUT2D eigenvalue weighted by Gasteiger charge is -2.45. The van der Waals surface area contributed by atoms with Crippen LogP contribution in [0.5, 0.6) is 0 Å². The smallest absolute Gasteiger partial charge is 0.00773 e. The summed E-state index contributed by atoms with van der Waals surface area (Å²) in [6, 6.07) is 0.752. The van der Waals surface area contributed by atoms with E-state index in [1.54, 1.807) is 0 Å². The molecular formula is C18H35N. The maximum absolute atomic E-state index is 3.93. The molecule has 19 heavy (non-hydrogen) atoms.